The van der Waals surface area contributed by atoms with Crippen LogP contribution < -0.4 is 10.2 Å². The molecular formula is C15H23N3O. The smallest absolute Gasteiger partial charge is 0.324 e. The number of likely N-dealkylation sites (N-methyl/N-ethyl adjacent to an activating group) is 1. The van der Waals surface area contributed by atoms with Crippen molar-refractivity contribution < 1.29 is 4.79 Å². The first-order valence-electron chi connectivity index (χ1n) is 6.66. The van der Waals surface area contributed by atoms with Crippen molar-refractivity contribution in [2.24, 2.45) is 5.41 Å². The highest BCUT2D eigenvalue weighted by atomic mass is 16.2. The Balaban J connectivity index is 2.29. The normalized spacial score (nSPS) is 20.1. The Morgan fingerprint density at radius 1 is 1.32 bits per heavy atom. The van der Waals surface area contributed by atoms with Crippen molar-refractivity contribution in [3.63, 3.8) is 0 Å². The van der Waals surface area contributed by atoms with Crippen LogP contribution in [0.25, 0.3) is 0 Å². The number of nitrogens with zero attached hydrogens (tertiary/aromatic N) is 2. The zero-order chi connectivity index (χ0) is 14.2. The molecule has 4 nitrogen and oxygen atoms in total. The third kappa shape index (κ3) is 2.53. The first-order chi connectivity index (χ1) is 8.84. The molecule has 1 aromatic rings. The van der Waals surface area contributed by atoms with E-state index in [2.05, 4.69) is 26.1 Å². The second-order valence-electron chi connectivity index (χ2n) is 6.19. The van der Waals surface area contributed by atoms with Crippen molar-refractivity contribution in [2.45, 2.75) is 26.8 Å². The van der Waals surface area contributed by atoms with Gasteiger partial charge < -0.3 is 10.2 Å². The molecule has 1 fully saturated rings. The lowest BCUT2D eigenvalue weighted by atomic mass is 9.86. The van der Waals surface area contributed by atoms with Crippen molar-refractivity contribution in [3.8, 4) is 0 Å². The maximum Gasteiger partial charge on any atom is 0.324 e. The molecule has 1 heterocycles. The van der Waals surface area contributed by atoms with E-state index < -0.39 is 0 Å². The molecule has 1 atom stereocenters. The SMILES string of the molecule is CNc1cccc(N2CC(C(C)(C)C)N(C)C2=O)c1. The molecule has 2 amide bonds. The summed E-state index contributed by atoms with van der Waals surface area (Å²) >= 11 is 0. The van der Waals surface area contributed by atoms with Crippen molar-refractivity contribution in [1.29, 1.82) is 0 Å². The highest BCUT2D eigenvalue weighted by molar-refractivity contribution is 5.95. The lowest BCUT2D eigenvalue weighted by Crippen LogP contribution is -2.39. The molecule has 1 N–H and O–H groups in total. The summed E-state index contributed by atoms with van der Waals surface area (Å²) in [6.07, 6.45) is 0. The Morgan fingerprint density at radius 3 is 2.53 bits per heavy atom. The minimum absolute atomic E-state index is 0.0770. The minimum Gasteiger partial charge on any atom is -0.388 e. The molecule has 0 spiro atoms. The highest BCUT2D eigenvalue weighted by Crippen LogP contribution is 2.33. The van der Waals surface area contributed by atoms with Gasteiger partial charge in [-0.2, -0.15) is 0 Å². The van der Waals surface area contributed by atoms with Crippen LogP contribution in [0.3, 0.4) is 0 Å². The summed E-state index contributed by atoms with van der Waals surface area (Å²) in [7, 11) is 3.77. The topological polar surface area (TPSA) is 35.6 Å². The third-order valence-corrected chi connectivity index (χ3v) is 3.80. The molecule has 1 aliphatic rings. The predicted molar refractivity (Wildman–Crippen MR) is 79.7 cm³/mol. The molecule has 1 aliphatic heterocycles. The molecule has 1 aromatic carbocycles. The standard InChI is InChI=1S/C15H23N3O/c1-15(2,3)13-10-18(14(19)17(13)5)12-8-6-7-11(9-12)16-4/h6-9,13,16H,10H2,1-5H3. The van der Waals surface area contributed by atoms with E-state index in [1.165, 1.54) is 0 Å². The quantitative estimate of drug-likeness (QED) is 0.888. The van der Waals surface area contributed by atoms with Crippen LogP contribution in [-0.4, -0.2) is 37.6 Å². The van der Waals surface area contributed by atoms with Gasteiger partial charge in [0.15, 0.2) is 0 Å². The molecule has 1 unspecified atom stereocenters. The fourth-order valence-corrected chi connectivity index (χ4v) is 2.60. The third-order valence-electron chi connectivity index (χ3n) is 3.80. The number of carbonyl (C=O) groups excluding carboxylic acids is 1. The predicted octanol–water partition coefficient (Wildman–Crippen LogP) is 3.01. The number of hydrogen-bond acceptors (Lipinski definition) is 2. The van der Waals surface area contributed by atoms with Crippen LogP contribution in [0.15, 0.2) is 24.3 Å². The molecule has 0 saturated carbocycles. The fourth-order valence-electron chi connectivity index (χ4n) is 2.60. The molecule has 0 aliphatic carbocycles. The Bertz CT molecular complexity index is 479. The number of anilines is 2. The first-order valence-corrected chi connectivity index (χ1v) is 6.66. The zero-order valence-corrected chi connectivity index (χ0v) is 12.4. The van der Waals surface area contributed by atoms with Crippen molar-refractivity contribution in [2.75, 3.05) is 30.9 Å². The molecule has 0 bridgehead atoms. The van der Waals surface area contributed by atoms with E-state index in [1.807, 2.05) is 48.2 Å². The number of benzene rings is 1. The van der Waals surface area contributed by atoms with Crippen LogP contribution in [0.1, 0.15) is 20.8 Å². The maximum absolute atomic E-state index is 12.4. The number of rotatable bonds is 2. The fraction of sp³-hybridized carbons (Fsp3) is 0.533. The van der Waals surface area contributed by atoms with Gasteiger partial charge in [-0.15, -0.1) is 0 Å². The van der Waals surface area contributed by atoms with E-state index in [1.54, 1.807) is 0 Å². The monoisotopic (exact) mass is 261 g/mol. The summed E-state index contributed by atoms with van der Waals surface area (Å²) in [5.41, 5.74) is 2.06. The number of carbonyl (C=O) groups is 1. The van der Waals surface area contributed by atoms with Gasteiger partial charge in [-0.05, 0) is 23.6 Å². The van der Waals surface area contributed by atoms with Crippen molar-refractivity contribution in [1.82, 2.24) is 4.90 Å². The number of urea groups is 1. The second kappa shape index (κ2) is 4.76. The molecule has 19 heavy (non-hydrogen) atoms. The largest absolute Gasteiger partial charge is 0.388 e. The Labute approximate surface area is 115 Å². The molecule has 104 valence electrons. The van der Waals surface area contributed by atoms with Crippen molar-refractivity contribution in [3.05, 3.63) is 24.3 Å². The summed E-state index contributed by atoms with van der Waals surface area (Å²) in [5, 5.41) is 3.11. The molecule has 0 radical (unpaired) electrons. The van der Waals surface area contributed by atoms with E-state index in [0.29, 0.717) is 0 Å². The average molecular weight is 261 g/mol. The van der Waals surface area contributed by atoms with Crippen LogP contribution in [0.2, 0.25) is 0 Å². The Morgan fingerprint density at radius 2 is 2.00 bits per heavy atom. The second-order valence-corrected chi connectivity index (χ2v) is 6.19. The van der Waals surface area contributed by atoms with Gasteiger partial charge in [0.1, 0.15) is 0 Å². The van der Waals surface area contributed by atoms with Gasteiger partial charge in [0.2, 0.25) is 0 Å². The maximum atomic E-state index is 12.4. The molecule has 2 rings (SSSR count). The lowest BCUT2D eigenvalue weighted by molar-refractivity contribution is 0.174. The molecule has 4 heteroatoms. The zero-order valence-electron chi connectivity index (χ0n) is 12.4. The lowest BCUT2D eigenvalue weighted by Gasteiger charge is -2.30. The van der Waals surface area contributed by atoms with Gasteiger partial charge >= 0.3 is 6.03 Å². The van der Waals surface area contributed by atoms with Gasteiger partial charge in [0.25, 0.3) is 0 Å². The first kappa shape index (κ1) is 13.7. The summed E-state index contributed by atoms with van der Waals surface area (Å²) in [6, 6.07) is 8.27. The average Bonchev–Trinajstić information content (AvgIpc) is 2.66. The number of hydrogen-bond donors (Lipinski definition) is 1. The summed E-state index contributed by atoms with van der Waals surface area (Å²) in [4.78, 5) is 16.1. The van der Waals surface area contributed by atoms with Crippen LogP contribution in [0.4, 0.5) is 16.2 Å². The van der Waals surface area contributed by atoms with E-state index in [-0.39, 0.29) is 17.5 Å². The van der Waals surface area contributed by atoms with Crippen LogP contribution in [0.5, 0.6) is 0 Å². The van der Waals surface area contributed by atoms with Gasteiger partial charge in [-0.25, -0.2) is 4.79 Å². The summed E-state index contributed by atoms with van der Waals surface area (Å²) in [6.45, 7) is 7.27. The van der Waals surface area contributed by atoms with Gasteiger partial charge in [-0.3, -0.25) is 4.90 Å². The van der Waals surface area contributed by atoms with E-state index >= 15 is 0 Å². The molecular weight excluding hydrogens is 238 g/mol. The summed E-state index contributed by atoms with van der Waals surface area (Å²) < 4.78 is 0. The van der Waals surface area contributed by atoms with E-state index in [9.17, 15) is 4.79 Å². The highest BCUT2D eigenvalue weighted by Gasteiger charge is 2.41. The Hall–Kier alpha value is -1.71. The van der Waals surface area contributed by atoms with Crippen LogP contribution in [-0.2, 0) is 0 Å². The van der Waals surface area contributed by atoms with Crippen LogP contribution in [0, 0.1) is 5.41 Å². The van der Waals surface area contributed by atoms with E-state index in [0.717, 1.165) is 17.9 Å². The van der Waals surface area contributed by atoms with Gasteiger partial charge in [-0.1, -0.05) is 26.8 Å². The molecule has 0 aromatic heterocycles. The Kier molecular flexibility index (Phi) is 3.43. The minimum atomic E-state index is 0.0770. The molecule has 1 saturated heterocycles. The van der Waals surface area contributed by atoms with Crippen molar-refractivity contribution >= 4 is 17.4 Å². The van der Waals surface area contributed by atoms with E-state index in [4.69, 9.17) is 0 Å². The number of amides is 2. The van der Waals surface area contributed by atoms with Crippen LogP contribution >= 0.6 is 0 Å². The van der Waals surface area contributed by atoms with Gasteiger partial charge in [0.05, 0.1) is 6.04 Å². The number of nitrogens with one attached hydrogen (secondary N) is 1. The van der Waals surface area contributed by atoms with Gasteiger partial charge in [0, 0.05) is 32.0 Å². The summed E-state index contributed by atoms with van der Waals surface area (Å²) in [5.74, 6) is 0.